The molecule has 0 saturated heterocycles. The summed E-state index contributed by atoms with van der Waals surface area (Å²) in [5.41, 5.74) is 7.55. The lowest BCUT2D eigenvalue weighted by molar-refractivity contribution is 0.301. The first-order valence-electron chi connectivity index (χ1n) is 5.19. The molecule has 2 nitrogen and oxygen atoms in total. The minimum absolute atomic E-state index is 0.451. The molecule has 2 aromatic carbocycles. The van der Waals surface area contributed by atoms with Gasteiger partial charge >= 0.3 is 0 Å². The number of ether oxygens (including phenoxy) is 1. The van der Waals surface area contributed by atoms with Crippen LogP contribution in [0.1, 0.15) is 5.56 Å². The van der Waals surface area contributed by atoms with Crippen molar-refractivity contribution in [2.24, 2.45) is 0 Å². The van der Waals surface area contributed by atoms with Crippen LogP contribution < -0.4 is 10.5 Å². The summed E-state index contributed by atoms with van der Waals surface area (Å²) in [6.45, 7) is 0.451. The first-order chi connectivity index (χ1) is 8.59. The van der Waals surface area contributed by atoms with Gasteiger partial charge in [0.05, 0.1) is 8.95 Å². The van der Waals surface area contributed by atoms with E-state index in [1.165, 1.54) is 0 Å². The van der Waals surface area contributed by atoms with Crippen LogP contribution in [0.3, 0.4) is 0 Å². The molecule has 0 radical (unpaired) electrons. The van der Waals surface area contributed by atoms with Crippen LogP contribution in [0.4, 0.5) is 5.69 Å². The molecule has 0 unspecified atom stereocenters. The number of hydrogen-bond acceptors (Lipinski definition) is 2. The van der Waals surface area contributed by atoms with E-state index in [0.717, 1.165) is 24.7 Å². The van der Waals surface area contributed by atoms with Crippen LogP contribution in [0.15, 0.2) is 49.8 Å². The summed E-state index contributed by atoms with van der Waals surface area (Å²) in [6.07, 6.45) is 0. The van der Waals surface area contributed by atoms with Gasteiger partial charge in [-0.05, 0) is 66.0 Å². The summed E-state index contributed by atoms with van der Waals surface area (Å²) in [4.78, 5) is 0. The zero-order valence-corrected chi connectivity index (χ0v) is 14.0. The molecule has 2 rings (SSSR count). The van der Waals surface area contributed by atoms with Crippen LogP contribution in [0.2, 0.25) is 0 Å². The summed E-state index contributed by atoms with van der Waals surface area (Å²) in [5, 5.41) is 0. The molecule has 0 spiro atoms. The Balaban J connectivity index is 2.19. The van der Waals surface area contributed by atoms with E-state index >= 15 is 0 Å². The molecule has 0 amide bonds. The summed E-state index contributed by atoms with van der Waals surface area (Å²) < 4.78 is 8.52. The molecule has 0 aliphatic rings. The number of rotatable bonds is 3. The van der Waals surface area contributed by atoms with E-state index in [0.29, 0.717) is 12.3 Å². The van der Waals surface area contributed by atoms with Crippen molar-refractivity contribution in [1.29, 1.82) is 0 Å². The van der Waals surface area contributed by atoms with Crippen molar-refractivity contribution in [3.05, 3.63) is 55.4 Å². The molecule has 94 valence electrons. The molecule has 18 heavy (non-hydrogen) atoms. The molecular formula is C13H10Br3NO. The van der Waals surface area contributed by atoms with Gasteiger partial charge in [-0.15, -0.1) is 0 Å². The standard InChI is InChI=1S/C13H10Br3NO/c14-9-4-2-5-10(15)13(9)18-7-8-3-1-6-11(17)12(8)16/h1-6H,7,17H2. The van der Waals surface area contributed by atoms with Gasteiger partial charge in [0.2, 0.25) is 0 Å². The first-order valence-corrected chi connectivity index (χ1v) is 7.57. The quantitative estimate of drug-likeness (QED) is 0.678. The van der Waals surface area contributed by atoms with Crippen molar-refractivity contribution in [2.45, 2.75) is 6.61 Å². The molecule has 0 heterocycles. The van der Waals surface area contributed by atoms with Gasteiger partial charge in [-0.2, -0.15) is 0 Å². The lowest BCUT2D eigenvalue weighted by Crippen LogP contribution is -1.99. The highest BCUT2D eigenvalue weighted by Gasteiger charge is 2.08. The third kappa shape index (κ3) is 3.08. The average Bonchev–Trinajstić information content (AvgIpc) is 2.33. The van der Waals surface area contributed by atoms with Crippen molar-refractivity contribution in [3.63, 3.8) is 0 Å². The topological polar surface area (TPSA) is 35.2 Å². The average molecular weight is 436 g/mol. The van der Waals surface area contributed by atoms with Crippen molar-refractivity contribution < 1.29 is 4.74 Å². The predicted molar refractivity (Wildman–Crippen MR) is 84.7 cm³/mol. The summed E-state index contributed by atoms with van der Waals surface area (Å²) in [7, 11) is 0. The Kier molecular flexibility index (Phi) is 4.70. The van der Waals surface area contributed by atoms with Crippen LogP contribution in [-0.4, -0.2) is 0 Å². The molecule has 0 atom stereocenters. The number of nitrogens with two attached hydrogens (primary N) is 1. The van der Waals surface area contributed by atoms with Gasteiger partial charge in [-0.3, -0.25) is 0 Å². The monoisotopic (exact) mass is 433 g/mol. The number of anilines is 1. The lowest BCUT2D eigenvalue weighted by Gasteiger charge is -2.12. The third-order valence-corrected chi connectivity index (χ3v) is 4.62. The largest absolute Gasteiger partial charge is 0.486 e. The predicted octanol–water partition coefficient (Wildman–Crippen LogP) is 5.14. The van der Waals surface area contributed by atoms with E-state index in [2.05, 4.69) is 47.8 Å². The van der Waals surface area contributed by atoms with Crippen LogP contribution in [0.5, 0.6) is 5.75 Å². The first kappa shape index (κ1) is 13.9. The van der Waals surface area contributed by atoms with Crippen LogP contribution >= 0.6 is 47.8 Å². The van der Waals surface area contributed by atoms with Gasteiger partial charge in [0, 0.05) is 15.7 Å². The Hall–Kier alpha value is -0.520. The molecular weight excluding hydrogens is 426 g/mol. The van der Waals surface area contributed by atoms with Crippen LogP contribution in [0, 0.1) is 0 Å². The maximum Gasteiger partial charge on any atom is 0.148 e. The van der Waals surface area contributed by atoms with Crippen LogP contribution in [0.25, 0.3) is 0 Å². The van der Waals surface area contributed by atoms with Gasteiger partial charge in [-0.25, -0.2) is 0 Å². The molecule has 0 bridgehead atoms. The lowest BCUT2D eigenvalue weighted by atomic mass is 10.2. The normalized spacial score (nSPS) is 10.4. The molecule has 0 fully saturated rings. The van der Waals surface area contributed by atoms with Crippen molar-refractivity contribution in [3.8, 4) is 5.75 Å². The highest BCUT2D eigenvalue weighted by atomic mass is 79.9. The molecule has 0 saturated carbocycles. The summed E-state index contributed by atoms with van der Waals surface area (Å²) in [6, 6.07) is 11.6. The number of para-hydroxylation sites is 1. The molecule has 0 aromatic heterocycles. The highest BCUT2D eigenvalue weighted by Crippen LogP contribution is 2.34. The van der Waals surface area contributed by atoms with Crippen LogP contribution in [-0.2, 0) is 6.61 Å². The SMILES string of the molecule is Nc1cccc(COc2c(Br)cccc2Br)c1Br. The van der Waals surface area contributed by atoms with E-state index in [1.54, 1.807) is 0 Å². The van der Waals surface area contributed by atoms with E-state index < -0.39 is 0 Å². The third-order valence-electron chi connectivity index (χ3n) is 2.40. The van der Waals surface area contributed by atoms with Gasteiger partial charge < -0.3 is 10.5 Å². The second-order valence-electron chi connectivity index (χ2n) is 3.66. The van der Waals surface area contributed by atoms with E-state index in [-0.39, 0.29) is 0 Å². The van der Waals surface area contributed by atoms with Crippen molar-refractivity contribution in [1.82, 2.24) is 0 Å². The summed E-state index contributed by atoms with van der Waals surface area (Å²) in [5.74, 6) is 0.784. The second-order valence-corrected chi connectivity index (χ2v) is 6.16. The number of nitrogen functional groups attached to an aromatic ring is 1. The number of halogens is 3. The van der Waals surface area contributed by atoms with Gasteiger partial charge in [0.15, 0.2) is 0 Å². The Labute approximate surface area is 131 Å². The van der Waals surface area contributed by atoms with Gasteiger partial charge in [0.1, 0.15) is 12.4 Å². The molecule has 0 aliphatic heterocycles. The minimum Gasteiger partial charge on any atom is -0.486 e. The minimum atomic E-state index is 0.451. The molecule has 2 N–H and O–H groups in total. The molecule has 0 aliphatic carbocycles. The van der Waals surface area contributed by atoms with E-state index in [4.69, 9.17) is 10.5 Å². The Morgan fingerprint density at radius 2 is 1.56 bits per heavy atom. The highest BCUT2D eigenvalue weighted by molar-refractivity contribution is 9.11. The van der Waals surface area contributed by atoms with E-state index in [9.17, 15) is 0 Å². The molecule has 2 aromatic rings. The number of benzene rings is 2. The Morgan fingerprint density at radius 3 is 2.22 bits per heavy atom. The number of hydrogen-bond donors (Lipinski definition) is 1. The van der Waals surface area contributed by atoms with Gasteiger partial charge in [0.25, 0.3) is 0 Å². The Morgan fingerprint density at radius 1 is 0.944 bits per heavy atom. The smallest absolute Gasteiger partial charge is 0.148 e. The van der Waals surface area contributed by atoms with Crippen molar-refractivity contribution in [2.75, 3.05) is 5.73 Å². The zero-order chi connectivity index (χ0) is 13.1. The maximum absolute atomic E-state index is 5.83. The van der Waals surface area contributed by atoms with Crippen molar-refractivity contribution >= 4 is 53.5 Å². The Bertz CT molecular complexity index is 552. The van der Waals surface area contributed by atoms with E-state index in [1.807, 2.05) is 36.4 Å². The zero-order valence-electron chi connectivity index (χ0n) is 9.29. The second kappa shape index (κ2) is 6.08. The fraction of sp³-hybridized carbons (Fsp3) is 0.0769. The summed E-state index contributed by atoms with van der Waals surface area (Å²) >= 11 is 10.4. The van der Waals surface area contributed by atoms with Gasteiger partial charge in [-0.1, -0.05) is 18.2 Å². The molecule has 5 heteroatoms. The maximum atomic E-state index is 5.83. The fourth-order valence-electron chi connectivity index (χ4n) is 1.48. The fourth-order valence-corrected chi connectivity index (χ4v) is 3.09.